The highest BCUT2D eigenvalue weighted by Crippen LogP contribution is 2.35. The number of ether oxygens (including phenoxy) is 3. The first-order valence-electron chi connectivity index (χ1n) is 12.0. The molecule has 0 unspecified atom stereocenters. The lowest BCUT2D eigenvalue weighted by Gasteiger charge is -2.34. The number of nitrogens with two attached hydrogens (primary N) is 1. The minimum Gasteiger partial charge on any atom is -0.497 e. The van der Waals surface area contributed by atoms with E-state index in [9.17, 15) is 26.4 Å². The number of hydrogen-bond acceptors (Lipinski definition) is 9. The number of methoxy groups -OCH3 is 1. The number of hydrogen-bond donors (Lipinski definition) is 4. The number of carbonyl (C=O) groups is 2. The van der Waals surface area contributed by atoms with Gasteiger partial charge in [-0.2, -0.15) is 13.2 Å². The van der Waals surface area contributed by atoms with Gasteiger partial charge in [0.15, 0.2) is 14.6 Å². The molecule has 0 aromatic heterocycles. The van der Waals surface area contributed by atoms with E-state index in [1.165, 1.54) is 29.7 Å². The average molecular weight is 606 g/mol. The maximum Gasteiger partial charge on any atom is 0.490 e. The molecule has 1 saturated heterocycles. The van der Waals surface area contributed by atoms with Crippen LogP contribution in [0.1, 0.15) is 24.8 Å². The summed E-state index contributed by atoms with van der Waals surface area (Å²) in [5.74, 6) is -2.06. The second-order valence-electron chi connectivity index (χ2n) is 8.52. The Morgan fingerprint density at radius 3 is 2.10 bits per heavy atom. The number of sulfone groups is 1. The van der Waals surface area contributed by atoms with Crippen molar-refractivity contribution in [2.24, 2.45) is 10.7 Å². The molecule has 41 heavy (non-hydrogen) atoms. The summed E-state index contributed by atoms with van der Waals surface area (Å²) in [6.45, 7) is 1.05. The third kappa shape index (κ3) is 8.80. The number of aliphatic imine (C=N–C) groups is 1. The number of carboxylic acid groups (broad SMARTS) is 1. The maximum atomic E-state index is 13.2. The van der Waals surface area contributed by atoms with E-state index < -0.39 is 32.6 Å². The van der Waals surface area contributed by atoms with Gasteiger partial charge in [-0.05, 0) is 61.4 Å². The van der Waals surface area contributed by atoms with Crippen LogP contribution in [0, 0.1) is 0 Å². The van der Waals surface area contributed by atoms with Crippen molar-refractivity contribution < 1.29 is 55.7 Å². The van der Waals surface area contributed by atoms with Crippen molar-refractivity contribution in [3.05, 3.63) is 54.1 Å². The molecule has 1 amide bonds. The largest absolute Gasteiger partial charge is 0.497 e. The number of benzene rings is 2. The zero-order chi connectivity index (χ0) is 30.7. The SMILES string of the molecule is COc1ccc(C(N)=NCCCOc2ccc(S(=O)(=O)C3(C(=O)NO)CCOCC3)cc2)cc1.O=C(O)C(F)(F)F. The fourth-order valence-electron chi connectivity index (χ4n) is 3.67. The van der Waals surface area contributed by atoms with Crippen LogP contribution in [-0.4, -0.2) is 80.8 Å². The Morgan fingerprint density at radius 2 is 1.61 bits per heavy atom. The highest BCUT2D eigenvalue weighted by Gasteiger charge is 2.52. The first-order chi connectivity index (χ1) is 19.3. The molecule has 0 bridgehead atoms. The summed E-state index contributed by atoms with van der Waals surface area (Å²) in [6, 6.07) is 13.1. The van der Waals surface area contributed by atoms with E-state index in [0.29, 0.717) is 31.2 Å². The third-order valence-electron chi connectivity index (χ3n) is 5.95. The van der Waals surface area contributed by atoms with Crippen LogP contribution in [0.25, 0.3) is 0 Å². The van der Waals surface area contributed by atoms with E-state index in [-0.39, 0.29) is 31.0 Å². The fourth-order valence-corrected chi connectivity index (χ4v) is 5.61. The molecule has 5 N–H and O–H groups in total. The number of hydroxylamine groups is 1. The summed E-state index contributed by atoms with van der Waals surface area (Å²) in [4.78, 5) is 25.5. The molecule has 2 aromatic rings. The van der Waals surface area contributed by atoms with Gasteiger partial charge in [0.1, 0.15) is 17.3 Å². The first kappa shape index (κ1) is 33.3. The summed E-state index contributed by atoms with van der Waals surface area (Å²) in [6.07, 6.45) is -4.56. The number of aliphatic carboxylic acids is 1. The van der Waals surface area contributed by atoms with Crippen molar-refractivity contribution in [1.82, 2.24) is 5.48 Å². The van der Waals surface area contributed by atoms with Gasteiger partial charge in [0.25, 0.3) is 5.91 Å². The summed E-state index contributed by atoms with van der Waals surface area (Å²) in [7, 11) is -2.47. The Bertz CT molecular complexity index is 1290. The zero-order valence-corrected chi connectivity index (χ0v) is 22.7. The number of nitrogens with one attached hydrogen (secondary N) is 1. The lowest BCUT2D eigenvalue weighted by molar-refractivity contribution is -0.192. The fraction of sp³-hybridized carbons (Fsp3) is 0.400. The smallest absolute Gasteiger partial charge is 0.490 e. The Morgan fingerprint density at radius 1 is 1.07 bits per heavy atom. The molecule has 1 aliphatic rings. The van der Waals surface area contributed by atoms with Gasteiger partial charge in [-0.15, -0.1) is 0 Å². The first-order valence-corrected chi connectivity index (χ1v) is 13.5. The zero-order valence-electron chi connectivity index (χ0n) is 21.9. The lowest BCUT2D eigenvalue weighted by Crippen LogP contribution is -2.54. The van der Waals surface area contributed by atoms with Crippen LogP contribution in [0.5, 0.6) is 11.5 Å². The van der Waals surface area contributed by atoms with E-state index in [1.807, 2.05) is 24.3 Å². The van der Waals surface area contributed by atoms with E-state index in [0.717, 1.165) is 11.3 Å². The van der Waals surface area contributed by atoms with Crippen LogP contribution in [0.15, 0.2) is 58.4 Å². The van der Waals surface area contributed by atoms with Gasteiger partial charge < -0.3 is 25.1 Å². The number of amides is 1. The summed E-state index contributed by atoms with van der Waals surface area (Å²) >= 11 is 0. The number of amidine groups is 1. The number of carboxylic acids is 1. The van der Waals surface area contributed by atoms with Crippen molar-refractivity contribution in [2.75, 3.05) is 33.5 Å². The molecule has 0 atom stereocenters. The Balaban J connectivity index is 0.000000745. The number of nitrogens with zero attached hydrogens (tertiary/aromatic N) is 1. The molecule has 1 aliphatic heterocycles. The molecule has 0 saturated carbocycles. The van der Waals surface area contributed by atoms with Gasteiger partial charge in [0, 0.05) is 31.7 Å². The monoisotopic (exact) mass is 605 g/mol. The molecule has 16 heteroatoms. The van der Waals surface area contributed by atoms with Crippen LogP contribution >= 0.6 is 0 Å². The number of rotatable bonds is 10. The van der Waals surface area contributed by atoms with Crippen LogP contribution < -0.4 is 20.7 Å². The van der Waals surface area contributed by atoms with Crippen molar-refractivity contribution in [1.29, 1.82) is 0 Å². The van der Waals surface area contributed by atoms with Crippen molar-refractivity contribution in [3.63, 3.8) is 0 Å². The molecule has 2 aromatic carbocycles. The Kier molecular flexibility index (Phi) is 11.9. The highest BCUT2D eigenvalue weighted by molar-refractivity contribution is 7.93. The normalized spacial score (nSPS) is 15.2. The maximum absolute atomic E-state index is 13.2. The number of carbonyl (C=O) groups excluding carboxylic acids is 1. The molecule has 1 fully saturated rings. The summed E-state index contributed by atoms with van der Waals surface area (Å²) < 4.78 is 72.4. The van der Waals surface area contributed by atoms with Gasteiger partial charge in [-0.3, -0.25) is 15.0 Å². The van der Waals surface area contributed by atoms with Crippen LogP contribution in [-0.2, 0) is 24.2 Å². The second-order valence-corrected chi connectivity index (χ2v) is 10.8. The van der Waals surface area contributed by atoms with Crippen LogP contribution in [0.3, 0.4) is 0 Å². The van der Waals surface area contributed by atoms with Gasteiger partial charge >= 0.3 is 12.1 Å². The highest BCUT2D eigenvalue weighted by atomic mass is 32.2. The van der Waals surface area contributed by atoms with Gasteiger partial charge in [0.2, 0.25) is 0 Å². The average Bonchev–Trinajstić information content (AvgIpc) is 2.96. The molecule has 1 heterocycles. The molecular weight excluding hydrogens is 575 g/mol. The second kappa shape index (κ2) is 14.7. The summed E-state index contributed by atoms with van der Waals surface area (Å²) in [5, 5.41) is 16.2. The predicted octanol–water partition coefficient (Wildman–Crippen LogP) is 2.33. The topological polar surface area (TPSA) is 187 Å². The quantitative estimate of drug-likeness (QED) is 0.103. The Hall–Kier alpha value is -3.89. The van der Waals surface area contributed by atoms with Gasteiger partial charge in [-0.25, -0.2) is 18.7 Å². The standard InChI is InChI=1S/C23H29N3O7S.C2HF3O2/c1-31-18-5-3-17(4-6-18)21(24)25-13-2-14-33-19-7-9-20(10-8-19)34(29,30)23(22(27)26-28)11-15-32-16-12-23;3-2(4,5)1(6)7/h3-10,28H,2,11-16H2,1H3,(H2,24,25)(H,26,27);(H,6,7). The van der Waals surface area contributed by atoms with Crippen LogP contribution in [0.2, 0.25) is 0 Å². The molecule has 0 spiro atoms. The molecule has 12 nitrogen and oxygen atoms in total. The minimum absolute atomic E-state index is 0.0257. The lowest BCUT2D eigenvalue weighted by atomic mass is 9.98. The van der Waals surface area contributed by atoms with Gasteiger partial charge in [0.05, 0.1) is 18.6 Å². The van der Waals surface area contributed by atoms with Gasteiger partial charge in [-0.1, -0.05) is 0 Å². The minimum atomic E-state index is -5.08. The molecule has 226 valence electrons. The van der Waals surface area contributed by atoms with E-state index >= 15 is 0 Å². The van der Waals surface area contributed by atoms with E-state index in [2.05, 4.69) is 4.99 Å². The van der Waals surface area contributed by atoms with Crippen molar-refractivity contribution >= 4 is 27.5 Å². The Labute approximate surface area is 233 Å². The third-order valence-corrected chi connectivity index (χ3v) is 8.46. The number of halogens is 3. The van der Waals surface area contributed by atoms with E-state index in [4.69, 9.17) is 35.1 Å². The van der Waals surface area contributed by atoms with Crippen LogP contribution in [0.4, 0.5) is 13.2 Å². The molecule has 0 radical (unpaired) electrons. The van der Waals surface area contributed by atoms with Crippen molar-refractivity contribution in [2.45, 2.75) is 35.1 Å². The van der Waals surface area contributed by atoms with E-state index in [1.54, 1.807) is 7.11 Å². The molecule has 0 aliphatic carbocycles. The molecule has 3 rings (SSSR count). The molecular formula is C25H30F3N3O9S. The van der Waals surface area contributed by atoms with Crippen molar-refractivity contribution in [3.8, 4) is 11.5 Å². The summed E-state index contributed by atoms with van der Waals surface area (Å²) in [5.41, 5.74) is 8.30. The predicted molar refractivity (Wildman–Crippen MR) is 139 cm³/mol. The number of alkyl halides is 3.